The largest absolute Gasteiger partial charge is 0.331 e. The maximum absolute atomic E-state index is 12.5. The van der Waals surface area contributed by atoms with E-state index in [9.17, 15) is 4.79 Å². The van der Waals surface area contributed by atoms with Crippen molar-refractivity contribution in [3.8, 4) is 0 Å². The molecule has 0 aliphatic heterocycles. The quantitative estimate of drug-likeness (QED) is 0.808. The van der Waals surface area contributed by atoms with Crippen LogP contribution in [0.25, 0.3) is 0 Å². The normalized spacial score (nSPS) is 14.7. The summed E-state index contributed by atoms with van der Waals surface area (Å²) < 4.78 is 0.911. The summed E-state index contributed by atoms with van der Waals surface area (Å²) in [6, 6.07) is 4.47. The Morgan fingerprint density at radius 1 is 1.39 bits per heavy atom. The van der Waals surface area contributed by atoms with Gasteiger partial charge in [0, 0.05) is 17.1 Å². The molecule has 2 aromatic rings. The molecule has 2 nitrogen and oxygen atoms in total. The molecule has 0 radical (unpaired) electrons. The predicted molar refractivity (Wildman–Crippen MR) is 79.2 cm³/mol. The zero-order valence-corrected chi connectivity index (χ0v) is 12.9. The van der Waals surface area contributed by atoms with Crippen molar-refractivity contribution in [1.29, 1.82) is 0 Å². The van der Waals surface area contributed by atoms with Crippen molar-refractivity contribution >= 4 is 44.5 Å². The van der Waals surface area contributed by atoms with Crippen molar-refractivity contribution in [3.05, 3.63) is 43.2 Å². The van der Waals surface area contributed by atoms with E-state index in [4.69, 9.17) is 0 Å². The lowest BCUT2D eigenvalue weighted by Crippen LogP contribution is -2.32. The number of hydrogen-bond acceptors (Lipinski definition) is 3. The standard InChI is InChI=1S/C13H12BrNOS2/c14-11-4-6-18-12(11)13(16)15(10-1-2-10)7-9-3-5-17-8-9/h3-6,8,10H,1-2,7H2. The average molecular weight is 342 g/mol. The van der Waals surface area contributed by atoms with E-state index in [-0.39, 0.29) is 5.91 Å². The molecule has 0 bridgehead atoms. The molecule has 2 aromatic heterocycles. The molecule has 1 saturated carbocycles. The van der Waals surface area contributed by atoms with Gasteiger partial charge in [0.05, 0.1) is 0 Å². The predicted octanol–water partition coefficient (Wildman–Crippen LogP) is 4.38. The van der Waals surface area contributed by atoms with Crippen molar-refractivity contribution in [1.82, 2.24) is 4.90 Å². The zero-order chi connectivity index (χ0) is 12.5. The van der Waals surface area contributed by atoms with E-state index in [1.165, 1.54) is 16.9 Å². The Bertz CT molecular complexity index is 545. The molecule has 2 heterocycles. The highest BCUT2D eigenvalue weighted by atomic mass is 79.9. The fourth-order valence-electron chi connectivity index (χ4n) is 1.91. The molecule has 5 heteroatoms. The maximum Gasteiger partial charge on any atom is 0.265 e. The summed E-state index contributed by atoms with van der Waals surface area (Å²) in [5, 5.41) is 6.13. The first kappa shape index (κ1) is 12.4. The van der Waals surface area contributed by atoms with Crippen LogP contribution in [0.2, 0.25) is 0 Å². The van der Waals surface area contributed by atoms with E-state index in [2.05, 4.69) is 32.8 Å². The smallest absolute Gasteiger partial charge is 0.265 e. The van der Waals surface area contributed by atoms with Gasteiger partial charge in [-0.2, -0.15) is 11.3 Å². The van der Waals surface area contributed by atoms with Crippen LogP contribution in [0.4, 0.5) is 0 Å². The van der Waals surface area contributed by atoms with Crippen molar-refractivity contribution < 1.29 is 4.79 Å². The number of thiophene rings is 2. The molecule has 94 valence electrons. The number of nitrogens with zero attached hydrogens (tertiary/aromatic N) is 1. The summed E-state index contributed by atoms with van der Waals surface area (Å²) in [6.45, 7) is 0.733. The first-order valence-electron chi connectivity index (χ1n) is 5.81. The van der Waals surface area contributed by atoms with Gasteiger partial charge in [-0.15, -0.1) is 11.3 Å². The lowest BCUT2D eigenvalue weighted by molar-refractivity contribution is 0.0734. The van der Waals surface area contributed by atoms with Gasteiger partial charge in [-0.3, -0.25) is 4.79 Å². The summed E-state index contributed by atoms with van der Waals surface area (Å²) in [5.41, 5.74) is 1.23. The van der Waals surface area contributed by atoms with Gasteiger partial charge in [-0.1, -0.05) is 0 Å². The Balaban J connectivity index is 1.82. The van der Waals surface area contributed by atoms with Crippen molar-refractivity contribution in [2.45, 2.75) is 25.4 Å². The third-order valence-corrected chi connectivity index (χ3v) is 5.55. The molecular formula is C13H12BrNOS2. The summed E-state index contributed by atoms with van der Waals surface area (Å²) >= 11 is 6.64. The average Bonchev–Trinajstić information content (AvgIpc) is 2.89. The third kappa shape index (κ3) is 2.53. The van der Waals surface area contributed by atoms with Crippen molar-refractivity contribution in [3.63, 3.8) is 0 Å². The van der Waals surface area contributed by atoms with Crippen LogP contribution in [0.3, 0.4) is 0 Å². The molecular weight excluding hydrogens is 330 g/mol. The molecule has 3 rings (SSSR count). The van der Waals surface area contributed by atoms with Crippen LogP contribution in [0.5, 0.6) is 0 Å². The highest BCUT2D eigenvalue weighted by molar-refractivity contribution is 9.10. The second kappa shape index (κ2) is 5.15. The SMILES string of the molecule is O=C(c1sccc1Br)N(Cc1ccsc1)C1CC1. The molecule has 0 saturated heterocycles. The molecule has 0 unspecified atom stereocenters. The lowest BCUT2D eigenvalue weighted by Gasteiger charge is -2.21. The van der Waals surface area contributed by atoms with Gasteiger partial charge in [0.15, 0.2) is 0 Å². The Morgan fingerprint density at radius 3 is 2.78 bits per heavy atom. The van der Waals surface area contributed by atoms with Gasteiger partial charge >= 0.3 is 0 Å². The second-order valence-electron chi connectivity index (χ2n) is 4.39. The molecule has 1 aliphatic rings. The molecule has 1 amide bonds. The minimum Gasteiger partial charge on any atom is -0.331 e. The van der Waals surface area contributed by atoms with Gasteiger partial charge in [-0.25, -0.2) is 0 Å². The summed E-state index contributed by atoms with van der Waals surface area (Å²) in [7, 11) is 0. The van der Waals surface area contributed by atoms with Crippen LogP contribution in [0.1, 0.15) is 28.1 Å². The Hall–Kier alpha value is -0.650. The number of carbonyl (C=O) groups is 1. The van der Waals surface area contributed by atoms with Gasteiger partial charge in [0.25, 0.3) is 5.91 Å². The second-order valence-corrected chi connectivity index (χ2v) is 6.94. The van der Waals surface area contributed by atoms with Crippen LogP contribution in [-0.4, -0.2) is 16.8 Å². The van der Waals surface area contributed by atoms with E-state index >= 15 is 0 Å². The van der Waals surface area contributed by atoms with Gasteiger partial charge < -0.3 is 4.90 Å². The first-order chi connectivity index (χ1) is 8.75. The van der Waals surface area contributed by atoms with Crippen molar-refractivity contribution in [2.24, 2.45) is 0 Å². The Labute approximate surface area is 122 Å². The summed E-state index contributed by atoms with van der Waals surface area (Å²) in [4.78, 5) is 15.4. The molecule has 18 heavy (non-hydrogen) atoms. The van der Waals surface area contributed by atoms with Gasteiger partial charge in [0.2, 0.25) is 0 Å². The topological polar surface area (TPSA) is 20.3 Å². The van der Waals surface area contributed by atoms with E-state index in [0.717, 1.165) is 28.7 Å². The minimum atomic E-state index is 0.158. The lowest BCUT2D eigenvalue weighted by atomic mass is 10.3. The zero-order valence-electron chi connectivity index (χ0n) is 9.64. The first-order valence-corrected chi connectivity index (χ1v) is 8.42. The maximum atomic E-state index is 12.5. The highest BCUT2D eigenvalue weighted by Gasteiger charge is 2.34. The Kier molecular flexibility index (Phi) is 3.54. The molecule has 0 aromatic carbocycles. The van der Waals surface area contributed by atoms with Crippen molar-refractivity contribution in [2.75, 3.05) is 0 Å². The van der Waals surface area contributed by atoms with E-state index in [0.29, 0.717) is 6.04 Å². The van der Waals surface area contributed by atoms with Gasteiger partial charge in [-0.05, 0) is 62.6 Å². The third-order valence-electron chi connectivity index (χ3n) is 2.99. The van der Waals surface area contributed by atoms with E-state index in [1.807, 2.05) is 16.3 Å². The summed E-state index contributed by atoms with van der Waals surface area (Å²) in [6.07, 6.45) is 2.28. The van der Waals surface area contributed by atoms with Crippen LogP contribution >= 0.6 is 38.6 Å². The summed E-state index contributed by atoms with van der Waals surface area (Å²) in [5.74, 6) is 0.158. The van der Waals surface area contributed by atoms with Crippen LogP contribution in [0, 0.1) is 0 Å². The monoisotopic (exact) mass is 341 g/mol. The van der Waals surface area contributed by atoms with Crippen LogP contribution in [-0.2, 0) is 6.54 Å². The van der Waals surface area contributed by atoms with Gasteiger partial charge in [0.1, 0.15) is 4.88 Å². The molecule has 0 N–H and O–H groups in total. The highest BCUT2D eigenvalue weighted by Crippen LogP contribution is 2.33. The fourth-order valence-corrected chi connectivity index (χ4v) is 4.06. The molecule has 0 atom stereocenters. The molecule has 1 fully saturated rings. The number of halogens is 1. The fraction of sp³-hybridized carbons (Fsp3) is 0.308. The minimum absolute atomic E-state index is 0.158. The number of amides is 1. The Morgan fingerprint density at radius 2 is 2.22 bits per heavy atom. The molecule has 0 spiro atoms. The van der Waals surface area contributed by atoms with E-state index < -0.39 is 0 Å². The number of rotatable bonds is 4. The van der Waals surface area contributed by atoms with E-state index in [1.54, 1.807) is 11.3 Å². The number of hydrogen-bond donors (Lipinski definition) is 0. The van der Waals surface area contributed by atoms with Crippen LogP contribution < -0.4 is 0 Å². The van der Waals surface area contributed by atoms with Crippen LogP contribution in [0.15, 0.2) is 32.7 Å². The number of carbonyl (C=O) groups excluding carboxylic acids is 1. The molecule has 1 aliphatic carbocycles.